The summed E-state index contributed by atoms with van der Waals surface area (Å²) in [6.45, 7) is 1.72. The van der Waals surface area contributed by atoms with Gasteiger partial charge in [-0.15, -0.1) is 0 Å². The number of aromatic nitrogens is 3. The average Bonchev–Trinajstić information content (AvgIpc) is 3.22. The lowest BCUT2D eigenvalue weighted by Gasteiger charge is -2.36. The van der Waals surface area contributed by atoms with Crippen LogP contribution in [0.5, 0.6) is 0 Å². The van der Waals surface area contributed by atoms with Gasteiger partial charge in [-0.05, 0) is 31.7 Å². The summed E-state index contributed by atoms with van der Waals surface area (Å²) in [6, 6.07) is 11.6. The number of carbonyl (C=O) groups excluding carboxylic acids is 1. The summed E-state index contributed by atoms with van der Waals surface area (Å²) >= 11 is 0. The number of aliphatic hydroxyl groups excluding tert-OH is 1. The van der Waals surface area contributed by atoms with E-state index in [0.717, 1.165) is 29.7 Å². The molecule has 2 aromatic heterocycles. The summed E-state index contributed by atoms with van der Waals surface area (Å²) in [4.78, 5) is 11.8. The molecule has 0 aliphatic heterocycles. The number of aliphatic hydroxyl groups is 1. The average molecular weight is 352 g/mol. The van der Waals surface area contributed by atoms with Gasteiger partial charge in [0.1, 0.15) is 0 Å². The van der Waals surface area contributed by atoms with E-state index in [1.54, 1.807) is 13.1 Å². The minimum Gasteiger partial charge on any atom is -0.387 e. The van der Waals surface area contributed by atoms with E-state index in [1.165, 1.54) is 0 Å². The summed E-state index contributed by atoms with van der Waals surface area (Å²) in [5.41, 5.74) is 8.13. The summed E-state index contributed by atoms with van der Waals surface area (Å²) in [7, 11) is 0. The summed E-state index contributed by atoms with van der Waals surface area (Å²) in [6.07, 6.45) is 2.68. The van der Waals surface area contributed by atoms with E-state index in [-0.39, 0.29) is 17.7 Å². The summed E-state index contributed by atoms with van der Waals surface area (Å²) < 4.78 is 7.34. The Morgan fingerprint density at radius 1 is 1.31 bits per heavy atom. The third-order valence-electron chi connectivity index (χ3n) is 4.99. The molecule has 1 aliphatic rings. The molecule has 0 radical (unpaired) electrons. The van der Waals surface area contributed by atoms with Crippen molar-refractivity contribution in [1.29, 1.82) is 0 Å². The van der Waals surface area contributed by atoms with Gasteiger partial charge in [0, 0.05) is 17.3 Å². The molecular formula is C19H20N4O3. The smallest absolute Gasteiger partial charge is 0.271 e. The van der Waals surface area contributed by atoms with Crippen molar-refractivity contribution in [3.05, 3.63) is 59.5 Å². The lowest BCUT2D eigenvalue weighted by Crippen LogP contribution is -2.29. The van der Waals surface area contributed by atoms with Crippen molar-refractivity contribution < 1.29 is 14.4 Å². The minimum atomic E-state index is -0.585. The van der Waals surface area contributed by atoms with E-state index in [0.29, 0.717) is 5.76 Å². The Bertz CT molecular complexity index is 923. The van der Waals surface area contributed by atoms with E-state index in [1.807, 2.05) is 41.1 Å². The van der Waals surface area contributed by atoms with Crippen LogP contribution < -0.4 is 5.73 Å². The molecule has 1 unspecified atom stereocenters. The second-order valence-corrected chi connectivity index (χ2v) is 6.70. The van der Waals surface area contributed by atoms with Crippen molar-refractivity contribution in [2.75, 3.05) is 0 Å². The monoisotopic (exact) mass is 352 g/mol. The molecule has 134 valence electrons. The molecule has 1 saturated carbocycles. The number of hydrogen-bond acceptors (Lipinski definition) is 5. The van der Waals surface area contributed by atoms with Gasteiger partial charge in [-0.3, -0.25) is 9.48 Å². The summed E-state index contributed by atoms with van der Waals surface area (Å²) in [5, 5.41) is 18.1. The maximum absolute atomic E-state index is 11.8. The summed E-state index contributed by atoms with van der Waals surface area (Å²) in [5.74, 6) is 0.118. The van der Waals surface area contributed by atoms with Gasteiger partial charge in [0.05, 0.1) is 17.8 Å². The Morgan fingerprint density at radius 3 is 2.69 bits per heavy atom. The van der Waals surface area contributed by atoms with E-state index in [9.17, 15) is 9.90 Å². The van der Waals surface area contributed by atoms with Crippen molar-refractivity contribution in [3.63, 3.8) is 0 Å². The van der Waals surface area contributed by atoms with Gasteiger partial charge in [0.25, 0.3) is 5.91 Å². The molecule has 1 aromatic carbocycles. The number of primary amides is 1. The van der Waals surface area contributed by atoms with Crippen LogP contribution in [0.15, 0.2) is 47.1 Å². The number of rotatable bonds is 5. The van der Waals surface area contributed by atoms with Crippen LogP contribution in [0.4, 0.5) is 0 Å². The van der Waals surface area contributed by atoms with Gasteiger partial charge in [-0.2, -0.15) is 5.10 Å². The fourth-order valence-corrected chi connectivity index (χ4v) is 3.63. The van der Waals surface area contributed by atoms with Crippen LogP contribution in [0, 0.1) is 0 Å². The second-order valence-electron chi connectivity index (χ2n) is 6.70. The van der Waals surface area contributed by atoms with Crippen molar-refractivity contribution in [1.82, 2.24) is 14.9 Å². The minimum absolute atomic E-state index is 0.106. The Hall–Kier alpha value is -2.93. The lowest BCUT2D eigenvalue weighted by molar-refractivity contribution is 0.0989. The first-order valence-corrected chi connectivity index (χ1v) is 8.62. The molecule has 1 amide bonds. The molecule has 1 atom stereocenters. The molecule has 2 heterocycles. The quantitative estimate of drug-likeness (QED) is 0.734. The van der Waals surface area contributed by atoms with Crippen molar-refractivity contribution in [2.24, 2.45) is 5.73 Å². The predicted molar refractivity (Wildman–Crippen MR) is 94.3 cm³/mol. The highest BCUT2D eigenvalue weighted by molar-refractivity contribution is 5.94. The number of hydrogen-bond donors (Lipinski definition) is 2. The topological polar surface area (TPSA) is 107 Å². The highest BCUT2D eigenvalue weighted by Gasteiger charge is 2.39. The van der Waals surface area contributed by atoms with Crippen LogP contribution in [0.3, 0.4) is 0 Å². The van der Waals surface area contributed by atoms with Gasteiger partial charge in [0.2, 0.25) is 0 Å². The zero-order valence-corrected chi connectivity index (χ0v) is 14.4. The maximum Gasteiger partial charge on any atom is 0.271 e. The van der Waals surface area contributed by atoms with Crippen molar-refractivity contribution in [3.8, 4) is 11.3 Å². The van der Waals surface area contributed by atoms with Crippen LogP contribution in [0.25, 0.3) is 11.3 Å². The van der Waals surface area contributed by atoms with Crippen LogP contribution in [-0.2, 0) is 0 Å². The standard InChI is InChI=1S/C19H20N4O3/c1-11(24)15-7-8-21-23(15)14-9-13(10-14)16-17(19(20)25)22-26-18(16)12-5-3-2-4-6-12/h2-8,11,13-14,24H,9-10H2,1H3,(H2,20,25). The van der Waals surface area contributed by atoms with Crippen LogP contribution in [-0.4, -0.2) is 26.0 Å². The molecule has 4 rings (SSSR count). The van der Waals surface area contributed by atoms with Crippen molar-refractivity contribution >= 4 is 5.91 Å². The molecule has 26 heavy (non-hydrogen) atoms. The lowest BCUT2D eigenvalue weighted by atomic mass is 9.74. The van der Waals surface area contributed by atoms with E-state index in [2.05, 4.69) is 10.3 Å². The molecule has 1 aliphatic carbocycles. The SMILES string of the molecule is CC(O)c1ccnn1C1CC(c2c(C(N)=O)noc2-c2ccccc2)C1. The maximum atomic E-state index is 11.8. The van der Waals surface area contributed by atoms with Gasteiger partial charge in [0.15, 0.2) is 11.5 Å². The molecule has 7 heteroatoms. The predicted octanol–water partition coefficient (Wildman–Crippen LogP) is 2.81. The fourth-order valence-electron chi connectivity index (χ4n) is 3.63. The van der Waals surface area contributed by atoms with Gasteiger partial charge in [-0.25, -0.2) is 0 Å². The van der Waals surface area contributed by atoms with Gasteiger partial charge in [-0.1, -0.05) is 35.5 Å². The van der Waals surface area contributed by atoms with Crippen LogP contribution in [0.2, 0.25) is 0 Å². The van der Waals surface area contributed by atoms with Gasteiger partial charge < -0.3 is 15.4 Å². The zero-order valence-electron chi connectivity index (χ0n) is 14.4. The van der Waals surface area contributed by atoms with E-state index < -0.39 is 12.0 Å². The highest BCUT2D eigenvalue weighted by atomic mass is 16.5. The number of carbonyl (C=O) groups is 1. The highest BCUT2D eigenvalue weighted by Crippen LogP contribution is 2.49. The Kier molecular flexibility index (Phi) is 4.08. The van der Waals surface area contributed by atoms with Crippen LogP contribution >= 0.6 is 0 Å². The Labute approximate surface area is 150 Å². The molecule has 3 N–H and O–H groups in total. The van der Waals surface area contributed by atoms with Gasteiger partial charge >= 0.3 is 0 Å². The molecule has 3 aromatic rings. The molecule has 0 saturated heterocycles. The van der Waals surface area contributed by atoms with E-state index >= 15 is 0 Å². The molecule has 0 spiro atoms. The fraction of sp³-hybridized carbons (Fsp3) is 0.316. The third kappa shape index (κ3) is 2.70. The first kappa shape index (κ1) is 16.5. The van der Waals surface area contributed by atoms with Crippen LogP contribution in [0.1, 0.15) is 59.6 Å². The second kappa shape index (κ2) is 6.42. The van der Waals surface area contributed by atoms with E-state index in [4.69, 9.17) is 10.3 Å². The number of nitrogens with two attached hydrogens (primary N) is 1. The first-order chi connectivity index (χ1) is 12.6. The largest absolute Gasteiger partial charge is 0.387 e. The Balaban J connectivity index is 1.64. The first-order valence-electron chi connectivity index (χ1n) is 8.62. The normalized spacial score (nSPS) is 20.5. The number of benzene rings is 1. The zero-order chi connectivity index (χ0) is 18.3. The Morgan fingerprint density at radius 2 is 2.04 bits per heavy atom. The molecule has 7 nitrogen and oxygen atoms in total. The molecule has 1 fully saturated rings. The van der Waals surface area contributed by atoms with Crippen molar-refractivity contribution in [2.45, 2.75) is 37.8 Å². The number of nitrogens with zero attached hydrogens (tertiary/aromatic N) is 3. The molecule has 0 bridgehead atoms. The number of amides is 1. The molecular weight excluding hydrogens is 332 g/mol. The third-order valence-corrected chi connectivity index (χ3v) is 4.99.